The molecular weight excluding hydrogens is 605 g/mol. The van der Waals surface area contributed by atoms with Crippen molar-refractivity contribution in [2.75, 3.05) is 13.7 Å². The van der Waals surface area contributed by atoms with E-state index in [2.05, 4.69) is 16.7 Å². The highest BCUT2D eigenvalue weighted by Crippen LogP contribution is 2.38. The average Bonchev–Trinajstić information content (AvgIpc) is 3.65. The Morgan fingerprint density at radius 1 is 1.18 bits per heavy atom. The van der Waals surface area contributed by atoms with Gasteiger partial charge in [0.1, 0.15) is 16.8 Å². The first-order valence-corrected chi connectivity index (χ1v) is 17.0. The number of thiophene rings is 1. The number of rotatable bonds is 8. The average molecular weight is 641 g/mol. The number of carbonyl (C=O) groups excluding carboxylic acids is 1. The first-order chi connectivity index (χ1) is 21.8. The van der Waals surface area contributed by atoms with Gasteiger partial charge in [-0.25, -0.2) is 9.79 Å². The molecular formula is C35H36N4O4S2. The van der Waals surface area contributed by atoms with Crippen molar-refractivity contribution < 1.29 is 14.3 Å². The predicted molar refractivity (Wildman–Crippen MR) is 177 cm³/mol. The Kier molecular flexibility index (Phi) is 8.67. The van der Waals surface area contributed by atoms with Crippen LogP contribution in [0.15, 0.2) is 51.4 Å². The molecule has 0 amide bonds. The van der Waals surface area contributed by atoms with Gasteiger partial charge in [0.2, 0.25) is 0 Å². The largest absolute Gasteiger partial charge is 0.497 e. The lowest BCUT2D eigenvalue weighted by molar-refractivity contribution is -0.139. The Hall–Kier alpha value is -4.20. The first-order valence-electron chi connectivity index (χ1n) is 15.4. The van der Waals surface area contributed by atoms with Crippen LogP contribution in [0.1, 0.15) is 84.1 Å². The number of nitriles is 1. The fourth-order valence-electron chi connectivity index (χ4n) is 6.46. The van der Waals surface area contributed by atoms with Gasteiger partial charge < -0.3 is 14.0 Å². The number of carbonyl (C=O) groups is 1. The van der Waals surface area contributed by atoms with Crippen LogP contribution >= 0.6 is 22.7 Å². The number of thiazole rings is 1. The van der Waals surface area contributed by atoms with Gasteiger partial charge in [-0.3, -0.25) is 9.36 Å². The van der Waals surface area contributed by atoms with Crippen LogP contribution in [-0.2, 0) is 22.4 Å². The zero-order chi connectivity index (χ0) is 31.8. The van der Waals surface area contributed by atoms with Crippen molar-refractivity contribution in [1.29, 1.82) is 5.26 Å². The Morgan fingerprint density at radius 2 is 1.98 bits per heavy atom. The molecule has 1 aliphatic heterocycles. The molecule has 0 unspecified atom stereocenters. The van der Waals surface area contributed by atoms with Crippen molar-refractivity contribution in [3.8, 4) is 16.8 Å². The van der Waals surface area contributed by atoms with E-state index in [4.69, 9.17) is 14.5 Å². The number of ether oxygens (including phenoxy) is 2. The monoisotopic (exact) mass is 640 g/mol. The minimum Gasteiger partial charge on any atom is -0.497 e. The smallest absolute Gasteiger partial charge is 0.338 e. The lowest BCUT2D eigenvalue weighted by Crippen LogP contribution is -2.40. The molecule has 0 saturated heterocycles. The normalized spacial score (nSPS) is 16.2. The molecule has 0 saturated carbocycles. The van der Waals surface area contributed by atoms with E-state index in [1.807, 2.05) is 51.1 Å². The number of hydrogen-bond donors (Lipinski definition) is 0. The fraction of sp³-hybridized carbons (Fsp3) is 0.371. The maximum atomic E-state index is 14.3. The third-order valence-electron chi connectivity index (χ3n) is 8.53. The maximum absolute atomic E-state index is 14.3. The summed E-state index contributed by atoms with van der Waals surface area (Å²) in [5.74, 6) is 0.161. The number of hydrogen-bond acceptors (Lipinski definition) is 8. The molecule has 10 heteroatoms. The molecule has 45 heavy (non-hydrogen) atoms. The molecule has 3 aromatic heterocycles. The van der Waals surface area contributed by atoms with E-state index >= 15 is 0 Å². The molecule has 6 rings (SSSR count). The van der Waals surface area contributed by atoms with E-state index in [-0.39, 0.29) is 12.2 Å². The van der Waals surface area contributed by atoms with E-state index < -0.39 is 12.0 Å². The van der Waals surface area contributed by atoms with Crippen molar-refractivity contribution in [2.45, 2.75) is 72.3 Å². The van der Waals surface area contributed by atoms with E-state index in [0.717, 1.165) is 65.2 Å². The lowest BCUT2D eigenvalue weighted by atomic mass is 9.94. The number of methoxy groups -OCH3 is 1. The van der Waals surface area contributed by atoms with Crippen molar-refractivity contribution in [2.24, 2.45) is 4.99 Å². The summed E-state index contributed by atoms with van der Waals surface area (Å²) in [6, 6.07) is 11.3. The molecule has 0 N–H and O–H groups in total. The van der Waals surface area contributed by atoms with Crippen molar-refractivity contribution in [3.05, 3.63) is 99.8 Å². The zero-order valence-corrected chi connectivity index (χ0v) is 27.9. The molecule has 0 bridgehead atoms. The molecule has 8 nitrogen and oxygen atoms in total. The summed E-state index contributed by atoms with van der Waals surface area (Å²) in [5, 5.41) is 11.1. The summed E-state index contributed by atoms with van der Waals surface area (Å²) in [4.78, 5) is 34.5. The molecule has 232 valence electrons. The van der Waals surface area contributed by atoms with Gasteiger partial charge in [0.05, 0.1) is 41.1 Å². The van der Waals surface area contributed by atoms with E-state index in [0.29, 0.717) is 32.8 Å². The number of aryl methyl sites for hydroxylation is 2. The van der Waals surface area contributed by atoms with Gasteiger partial charge >= 0.3 is 5.97 Å². The first kappa shape index (κ1) is 30.8. The number of esters is 1. The van der Waals surface area contributed by atoms with Gasteiger partial charge in [0.25, 0.3) is 5.56 Å². The van der Waals surface area contributed by atoms with Crippen LogP contribution in [0.5, 0.6) is 5.75 Å². The highest BCUT2D eigenvalue weighted by atomic mass is 32.1. The third kappa shape index (κ3) is 5.38. The summed E-state index contributed by atoms with van der Waals surface area (Å²) in [6.45, 7) is 8.10. The molecule has 1 aromatic carbocycles. The highest BCUT2D eigenvalue weighted by molar-refractivity contribution is 7.15. The van der Waals surface area contributed by atoms with Gasteiger partial charge in [-0.05, 0) is 93.8 Å². The summed E-state index contributed by atoms with van der Waals surface area (Å²) in [5.41, 5.74) is 6.40. The van der Waals surface area contributed by atoms with E-state index in [1.165, 1.54) is 21.8 Å². The number of fused-ring (bicyclic) bond motifs is 2. The molecule has 0 fully saturated rings. The summed E-state index contributed by atoms with van der Waals surface area (Å²) in [6.07, 6.45) is 7.51. The predicted octanol–water partition coefficient (Wildman–Crippen LogP) is 5.81. The Morgan fingerprint density at radius 3 is 2.71 bits per heavy atom. The summed E-state index contributed by atoms with van der Waals surface area (Å²) >= 11 is 3.04. The van der Waals surface area contributed by atoms with Crippen LogP contribution in [0.25, 0.3) is 11.1 Å². The summed E-state index contributed by atoms with van der Waals surface area (Å²) < 4.78 is 15.3. The second-order valence-electron chi connectivity index (χ2n) is 11.4. The second kappa shape index (κ2) is 12.7. The van der Waals surface area contributed by atoms with Gasteiger partial charge in [0.15, 0.2) is 4.80 Å². The summed E-state index contributed by atoms with van der Waals surface area (Å²) in [7, 11) is 1.59. The molecule has 4 heterocycles. The van der Waals surface area contributed by atoms with Crippen molar-refractivity contribution >= 4 is 34.7 Å². The number of benzene rings is 1. The molecule has 4 aromatic rings. The van der Waals surface area contributed by atoms with Gasteiger partial charge in [-0.15, -0.1) is 11.3 Å². The second-order valence-corrected chi connectivity index (χ2v) is 13.4. The van der Waals surface area contributed by atoms with Crippen LogP contribution in [-0.4, -0.2) is 28.8 Å². The Balaban J connectivity index is 1.54. The SMILES string of the molecule is CCCC1=C(C(=O)OCC)[C@@H](c2cccc(OC)c2)n2c(s/c(=C/c3cc(C)n(-c4sc5c(c4C#N)CCCC5)c3C)c2=O)=N1. The van der Waals surface area contributed by atoms with Crippen LogP contribution in [0.3, 0.4) is 0 Å². The van der Waals surface area contributed by atoms with Gasteiger partial charge in [0, 0.05) is 16.3 Å². The van der Waals surface area contributed by atoms with Gasteiger partial charge in [-0.1, -0.05) is 36.8 Å². The molecule has 1 aliphatic carbocycles. The number of nitrogens with zero attached hydrogens (tertiary/aromatic N) is 4. The van der Waals surface area contributed by atoms with Gasteiger partial charge in [-0.2, -0.15) is 5.26 Å². The lowest BCUT2D eigenvalue weighted by Gasteiger charge is -2.26. The number of aromatic nitrogens is 2. The van der Waals surface area contributed by atoms with Crippen LogP contribution in [0, 0.1) is 25.2 Å². The van der Waals surface area contributed by atoms with Crippen molar-refractivity contribution in [1.82, 2.24) is 9.13 Å². The van der Waals surface area contributed by atoms with E-state index in [9.17, 15) is 14.9 Å². The molecule has 1 atom stereocenters. The Labute approximate surface area is 270 Å². The Bertz CT molecular complexity index is 2070. The maximum Gasteiger partial charge on any atom is 0.338 e. The third-order valence-corrected chi connectivity index (χ3v) is 10.8. The van der Waals surface area contributed by atoms with Crippen LogP contribution in [0.2, 0.25) is 0 Å². The standard InChI is InChI=1S/C35H36N4O4S2/c1-6-11-27-30(34(41)43-7-2)31(22-12-10-13-24(17-22)42-5)39-32(40)29(45-35(39)37-27)18-23-16-20(3)38(21(23)4)33-26(19-36)25-14-8-9-15-28(25)44-33/h10,12-13,16-18,31H,6-9,11,14-15H2,1-5H3/b29-18+/t31-/m1/s1. The highest BCUT2D eigenvalue weighted by Gasteiger charge is 2.34. The molecule has 0 radical (unpaired) electrons. The zero-order valence-electron chi connectivity index (χ0n) is 26.2. The van der Waals surface area contributed by atoms with Crippen LogP contribution in [0.4, 0.5) is 0 Å². The fourth-order valence-corrected chi connectivity index (χ4v) is 8.92. The minimum atomic E-state index is -0.706. The van der Waals surface area contributed by atoms with E-state index in [1.54, 1.807) is 29.9 Å². The number of allylic oxidation sites excluding steroid dienone is 1. The molecule has 2 aliphatic rings. The quantitative estimate of drug-likeness (QED) is 0.227. The topological polar surface area (TPSA) is 98.6 Å². The minimum absolute atomic E-state index is 0.216. The van der Waals surface area contributed by atoms with Crippen LogP contribution < -0.4 is 19.6 Å². The molecule has 0 spiro atoms. The van der Waals surface area contributed by atoms with Crippen molar-refractivity contribution in [3.63, 3.8) is 0 Å².